The van der Waals surface area contributed by atoms with Gasteiger partial charge in [0.1, 0.15) is 0 Å². The molecule has 1 nitrogen and oxygen atoms in total. The molecule has 1 aromatic heterocycles. The molecule has 98 valence electrons. The van der Waals surface area contributed by atoms with Crippen molar-refractivity contribution in [2.75, 3.05) is 6.61 Å². The van der Waals surface area contributed by atoms with E-state index in [-0.39, 0.29) is 0 Å². The van der Waals surface area contributed by atoms with Crippen LogP contribution in [0.25, 0.3) is 0 Å². The predicted molar refractivity (Wildman–Crippen MR) is 74.8 cm³/mol. The fourth-order valence-electron chi connectivity index (χ4n) is 5.79. The van der Waals surface area contributed by atoms with Gasteiger partial charge in [0.2, 0.25) is 0 Å². The highest BCUT2D eigenvalue weighted by molar-refractivity contribution is 7.10. The molecule has 0 radical (unpaired) electrons. The molecule has 4 bridgehead atoms. The molecule has 5 rings (SSSR count). The number of thiophene rings is 1. The second-order valence-corrected chi connectivity index (χ2v) is 7.92. The molecule has 1 heterocycles. The SMILES string of the molecule is OCCC12CC3CC(CC(C3)C1c1cccs1)C2. The highest BCUT2D eigenvalue weighted by Gasteiger charge is 2.56. The number of rotatable bonds is 3. The van der Waals surface area contributed by atoms with Crippen LogP contribution in [0.5, 0.6) is 0 Å². The summed E-state index contributed by atoms with van der Waals surface area (Å²) in [5.74, 6) is 3.63. The Morgan fingerprint density at radius 2 is 2.00 bits per heavy atom. The minimum Gasteiger partial charge on any atom is -0.396 e. The van der Waals surface area contributed by atoms with Crippen molar-refractivity contribution in [1.29, 1.82) is 0 Å². The van der Waals surface area contributed by atoms with E-state index < -0.39 is 0 Å². The van der Waals surface area contributed by atoms with Gasteiger partial charge in [-0.3, -0.25) is 0 Å². The van der Waals surface area contributed by atoms with Gasteiger partial charge in [0.25, 0.3) is 0 Å². The van der Waals surface area contributed by atoms with Crippen LogP contribution in [0, 0.1) is 23.2 Å². The van der Waals surface area contributed by atoms with Gasteiger partial charge < -0.3 is 5.11 Å². The summed E-state index contributed by atoms with van der Waals surface area (Å²) in [5.41, 5.74) is 0.453. The molecule has 1 N–H and O–H groups in total. The fraction of sp³-hybridized carbons (Fsp3) is 0.750. The Balaban J connectivity index is 1.75. The van der Waals surface area contributed by atoms with E-state index in [0.717, 1.165) is 30.1 Å². The molecule has 0 amide bonds. The lowest BCUT2D eigenvalue weighted by Gasteiger charge is -2.61. The normalized spacial score (nSPS) is 45.6. The van der Waals surface area contributed by atoms with E-state index in [1.54, 1.807) is 4.88 Å². The van der Waals surface area contributed by atoms with Gasteiger partial charge in [-0.05, 0) is 73.1 Å². The van der Waals surface area contributed by atoms with E-state index in [0.29, 0.717) is 12.0 Å². The van der Waals surface area contributed by atoms with Gasteiger partial charge >= 0.3 is 0 Å². The smallest absolute Gasteiger partial charge is 0.0436 e. The Labute approximate surface area is 113 Å². The summed E-state index contributed by atoms with van der Waals surface area (Å²) in [7, 11) is 0. The van der Waals surface area contributed by atoms with Gasteiger partial charge in [-0.1, -0.05) is 6.07 Å². The van der Waals surface area contributed by atoms with Crippen molar-refractivity contribution >= 4 is 11.3 Å². The molecule has 2 heteroatoms. The standard InChI is InChI=1S/C16H22OS/c17-4-3-16-9-11-6-12(10-16)8-13(7-11)15(16)14-2-1-5-18-14/h1-2,5,11-13,15,17H,3-4,6-10H2. The van der Waals surface area contributed by atoms with Crippen LogP contribution in [0.4, 0.5) is 0 Å². The quantitative estimate of drug-likeness (QED) is 0.871. The molecule has 3 unspecified atom stereocenters. The summed E-state index contributed by atoms with van der Waals surface area (Å²) in [4.78, 5) is 1.60. The van der Waals surface area contributed by atoms with Gasteiger partial charge in [0.15, 0.2) is 0 Å². The molecular weight excluding hydrogens is 240 g/mol. The van der Waals surface area contributed by atoms with Crippen LogP contribution in [0.3, 0.4) is 0 Å². The zero-order valence-electron chi connectivity index (χ0n) is 10.8. The largest absolute Gasteiger partial charge is 0.396 e. The first-order valence-corrected chi connectivity index (χ1v) is 8.33. The van der Waals surface area contributed by atoms with E-state index in [9.17, 15) is 5.11 Å². The number of aliphatic hydroxyl groups is 1. The summed E-state index contributed by atoms with van der Waals surface area (Å²) in [6.07, 6.45) is 8.24. The van der Waals surface area contributed by atoms with Crippen molar-refractivity contribution in [2.45, 2.75) is 44.4 Å². The van der Waals surface area contributed by atoms with Crippen LogP contribution in [-0.2, 0) is 0 Å². The summed E-state index contributed by atoms with van der Waals surface area (Å²) in [5, 5.41) is 11.8. The van der Waals surface area contributed by atoms with Gasteiger partial charge in [0.05, 0.1) is 0 Å². The minimum absolute atomic E-state index is 0.383. The predicted octanol–water partition coefficient (Wildman–Crippen LogP) is 4.04. The van der Waals surface area contributed by atoms with E-state index in [1.807, 2.05) is 11.3 Å². The van der Waals surface area contributed by atoms with Gasteiger partial charge in [0, 0.05) is 17.4 Å². The van der Waals surface area contributed by atoms with Crippen LogP contribution >= 0.6 is 11.3 Å². The van der Waals surface area contributed by atoms with Crippen molar-refractivity contribution in [3.8, 4) is 0 Å². The minimum atomic E-state index is 0.383. The zero-order chi connectivity index (χ0) is 12.2. The summed E-state index contributed by atoms with van der Waals surface area (Å²) in [6.45, 7) is 0.383. The Bertz CT molecular complexity index is 410. The van der Waals surface area contributed by atoms with Crippen molar-refractivity contribution in [3.63, 3.8) is 0 Å². The van der Waals surface area contributed by atoms with E-state index >= 15 is 0 Å². The molecule has 1 aromatic rings. The molecule has 3 atom stereocenters. The summed E-state index contributed by atoms with van der Waals surface area (Å²) < 4.78 is 0. The highest BCUT2D eigenvalue weighted by Crippen LogP contribution is 2.67. The second-order valence-electron chi connectivity index (χ2n) is 6.94. The molecule has 0 aliphatic heterocycles. The monoisotopic (exact) mass is 262 g/mol. The average Bonchev–Trinajstić information content (AvgIpc) is 2.80. The van der Waals surface area contributed by atoms with Crippen molar-refractivity contribution < 1.29 is 5.11 Å². The maximum atomic E-state index is 9.54. The average molecular weight is 262 g/mol. The first kappa shape index (κ1) is 11.5. The van der Waals surface area contributed by atoms with Crippen LogP contribution in [0.2, 0.25) is 0 Å². The molecule has 0 saturated heterocycles. The first-order chi connectivity index (χ1) is 8.81. The van der Waals surface area contributed by atoms with Crippen LogP contribution in [-0.4, -0.2) is 11.7 Å². The van der Waals surface area contributed by atoms with Gasteiger partial charge in [-0.25, -0.2) is 0 Å². The zero-order valence-corrected chi connectivity index (χ0v) is 11.7. The van der Waals surface area contributed by atoms with E-state index in [4.69, 9.17) is 0 Å². The Morgan fingerprint density at radius 3 is 2.61 bits per heavy atom. The molecule has 4 aliphatic rings. The third-order valence-electron chi connectivity index (χ3n) is 5.92. The molecule has 0 aromatic carbocycles. The highest BCUT2D eigenvalue weighted by atomic mass is 32.1. The van der Waals surface area contributed by atoms with Crippen LogP contribution in [0.15, 0.2) is 17.5 Å². The summed E-state index contributed by atoms with van der Waals surface area (Å²) in [6, 6.07) is 4.55. The second kappa shape index (κ2) is 4.08. The van der Waals surface area contributed by atoms with Crippen LogP contribution in [0.1, 0.15) is 49.3 Å². The number of aliphatic hydroxyl groups excluding tert-OH is 1. The maximum absolute atomic E-state index is 9.54. The van der Waals surface area contributed by atoms with E-state index in [2.05, 4.69) is 17.5 Å². The van der Waals surface area contributed by atoms with E-state index in [1.165, 1.54) is 32.1 Å². The molecule has 4 saturated carbocycles. The number of hydrogen-bond donors (Lipinski definition) is 1. The summed E-state index contributed by atoms with van der Waals surface area (Å²) >= 11 is 1.95. The Kier molecular flexibility index (Phi) is 2.60. The van der Waals surface area contributed by atoms with Crippen LogP contribution < -0.4 is 0 Å². The first-order valence-electron chi connectivity index (χ1n) is 7.45. The van der Waals surface area contributed by atoms with Gasteiger partial charge in [-0.15, -0.1) is 11.3 Å². The molecule has 18 heavy (non-hydrogen) atoms. The van der Waals surface area contributed by atoms with Gasteiger partial charge in [-0.2, -0.15) is 0 Å². The van der Waals surface area contributed by atoms with Crippen molar-refractivity contribution in [2.24, 2.45) is 23.2 Å². The molecular formula is C16H22OS. The maximum Gasteiger partial charge on any atom is 0.0436 e. The molecule has 0 spiro atoms. The fourth-order valence-corrected chi connectivity index (χ4v) is 6.85. The third-order valence-corrected chi connectivity index (χ3v) is 6.88. The Morgan fingerprint density at radius 1 is 1.22 bits per heavy atom. The lowest BCUT2D eigenvalue weighted by molar-refractivity contribution is -0.0847. The number of hydrogen-bond acceptors (Lipinski definition) is 2. The molecule has 4 fully saturated rings. The third kappa shape index (κ3) is 1.55. The molecule has 4 aliphatic carbocycles. The Hall–Kier alpha value is -0.340. The lowest BCUT2D eigenvalue weighted by Crippen LogP contribution is -2.51. The van der Waals surface area contributed by atoms with Crippen molar-refractivity contribution in [3.05, 3.63) is 22.4 Å². The van der Waals surface area contributed by atoms with Crippen molar-refractivity contribution in [1.82, 2.24) is 0 Å². The topological polar surface area (TPSA) is 20.2 Å². The lowest BCUT2D eigenvalue weighted by atomic mass is 9.44.